The SMILES string of the molecule is COc1cc(C=C(C)C)cc(OC)c1O. The molecule has 0 fully saturated rings. The third-order valence-electron chi connectivity index (χ3n) is 1.96. The molecule has 0 radical (unpaired) electrons. The fraction of sp³-hybridized carbons (Fsp3) is 0.333. The van der Waals surface area contributed by atoms with Crippen molar-refractivity contribution in [2.45, 2.75) is 13.8 Å². The van der Waals surface area contributed by atoms with Crippen LogP contribution in [-0.4, -0.2) is 19.3 Å². The molecule has 0 bridgehead atoms. The van der Waals surface area contributed by atoms with Crippen molar-refractivity contribution in [1.82, 2.24) is 0 Å². The average Bonchev–Trinajstić information content (AvgIpc) is 2.19. The van der Waals surface area contributed by atoms with Crippen LogP contribution in [0.4, 0.5) is 0 Å². The van der Waals surface area contributed by atoms with Crippen molar-refractivity contribution < 1.29 is 14.6 Å². The van der Waals surface area contributed by atoms with Crippen molar-refractivity contribution >= 4 is 6.08 Å². The maximum Gasteiger partial charge on any atom is 0.200 e. The van der Waals surface area contributed by atoms with Crippen LogP contribution in [0, 0.1) is 0 Å². The molecule has 1 rings (SSSR count). The van der Waals surface area contributed by atoms with Gasteiger partial charge in [0.05, 0.1) is 14.2 Å². The standard InChI is InChI=1S/C12H16O3/c1-8(2)5-9-6-10(14-3)12(13)11(7-9)15-4/h5-7,13H,1-4H3. The molecule has 0 amide bonds. The van der Waals surface area contributed by atoms with Gasteiger partial charge in [-0.2, -0.15) is 0 Å². The number of aromatic hydroxyl groups is 1. The molecule has 0 atom stereocenters. The summed E-state index contributed by atoms with van der Waals surface area (Å²) in [6, 6.07) is 3.54. The molecule has 0 heterocycles. The first kappa shape index (κ1) is 11.4. The van der Waals surface area contributed by atoms with Gasteiger partial charge in [0.15, 0.2) is 11.5 Å². The molecule has 0 saturated carbocycles. The first-order valence-electron chi connectivity index (χ1n) is 4.68. The molecule has 3 nitrogen and oxygen atoms in total. The molecule has 0 aliphatic rings. The highest BCUT2D eigenvalue weighted by Gasteiger charge is 2.09. The molecular formula is C12H16O3. The van der Waals surface area contributed by atoms with Crippen LogP contribution in [0.3, 0.4) is 0 Å². The normalized spacial score (nSPS) is 9.60. The molecule has 0 spiro atoms. The van der Waals surface area contributed by atoms with Gasteiger partial charge in [-0.25, -0.2) is 0 Å². The van der Waals surface area contributed by atoms with Crippen LogP contribution < -0.4 is 9.47 Å². The van der Waals surface area contributed by atoms with Crippen LogP contribution in [0.1, 0.15) is 19.4 Å². The van der Waals surface area contributed by atoms with Crippen LogP contribution in [0.5, 0.6) is 17.2 Å². The molecule has 82 valence electrons. The van der Waals surface area contributed by atoms with E-state index in [1.54, 1.807) is 12.1 Å². The number of phenols is 1. The Morgan fingerprint density at radius 2 is 1.60 bits per heavy atom. The Hall–Kier alpha value is -1.64. The Labute approximate surface area is 90.0 Å². The van der Waals surface area contributed by atoms with Gasteiger partial charge in [-0.3, -0.25) is 0 Å². The average molecular weight is 208 g/mol. The third kappa shape index (κ3) is 2.65. The quantitative estimate of drug-likeness (QED) is 0.830. The van der Waals surface area contributed by atoms with E-state index < -0.39 is 0 Å². The minimum Gasteiger partial charge on any atom is -0.502 e. The third-order valence-corrected chi connectivity index (χ3v) is 1.96. The highest BCUT2D eigenvalue weighted by Crippen LogP contribution is 2.37. The first-order chi connectivity index (χ1) is 7.08. The summed E-state index contributed by atoms with van der Waals surface area (Å²) >= 11 is 0. The molecule has 0 aliphatic heterocycles. The summed E-state index contributed by atoms with van der Waals surface area (Å²) in [5, 5.41) is 9.68. The van der Waals surface area contributed by atoms with E-state index in [4.69, 9.17) is 9.47 Å². The van der Waals surface area contributed by atoms with Crippen LogP contribution in [0.15, 0.2) is 17.7 Å². The van der Waals surface area contributed by atoms with E-state index >= 15 is 0 Å². The molecule has 3 heteroatoms. The fourth-order valence-corrected chi connectivity index (χ4v) is 1.33. The molecule has 1 aromatic carbocycles. The molecular weight excluding hydrogens is 192 g/mol. The van der Waals surface area contributed by atoms with Gasteiger partial charge in [-0.15, -0.1) is 0 Å². The lowest BCUT2D eigenvalue weighted by atomic mass is 10.1. The number of hydrogen-bond acceptors (Lipinski definition) is 3. The summed E-state index contributed by atoms with van der Waals surface area (Å²) in [6.07, 6.45) is 1.99. The lowest BCUT2D eigenvalue weighted by molar-refractivity contribution is 0.340. The summed E-state index contributed by atoms with van der Waals surface area (Å²) in [4.78, 5) is 0. The second-order valence-electron chi connectivity index (χ2n) is 3.50. The minimum absolute atomic E-state index is 0.0332. The zero-order valence-electron chi connectivity index (χ0n) is 9.50. The smallest absolute Gasteiger partial charge is 0.200 e. The van der Waals surface area contributed by atoms with Crippen LogP contribution in [0.25, 0.3) is 6.08 Å². The molecule has 0 aromatic heterocycles. The molecule has 1 N–H and O–H groups in total. The Balaban J connectivity index is 3.27. The monoisotopic (exact) mass is 208 g/mol. The fourth-order valence-electron chi connectivity index (χ4n) is 1.33. The van der Waals surface area contributed by atoms with E-state index in [2.05, 4.69) is 0 Å². The zero-order chi connectivity index (χ0) is 11.4. The molecule has 15 heavy (non-hydrogen) atoms. The maximum atomic E-state index is 9.68. The Morgan fingerprint density at radius 1 is 1.13 bits per heavy atom. The Kier molecular flexibility index (Phi) is 3.61. The zero-order valence-corrected chi connectivity index (χ0v) is 9.50. The van der Waals surface area contributed by atoms with Gasteiger partial charge in [-0.1, -0.05) is 11.6 Å². The lowest BCUT2D eigenvalue weighted by Gasteiger charge is -2.09. The number of allylic oxidation sites excluding steroid dienone is 1. The Morgan fingerprint density at radius 3 is 1.93 bits per heavy atom. The summed E-state index contributed by atoms with van der Waals surface area (Å²) in [5.74, 6) is 0.870. The molecule has 1 aromatic rings. The largest absolute Gasteiger partial charge is 0.502 e. The van der Waals surface area contributed by atoms with E-state index in [9.17, 15) is 5.11 Å². The molecule has 0 saturated heterocycles. The van der Waals surface area contributed by atoms with Crippen LogP contribution >= 0.6 is 0 Å². The van der Waals surface area contributed by atoms with Crippen LogP contribution in [0.2, 0.25) is 0 Å². The van der Waals surface area contributed by atoms with E-state index in [1.165, 1.54) is 19.8 Å². The maximum absolute atomic E-state index is 9.68. The van der Waals surface area contributed by atoms with Gasteiger partial charge in [0.25, 0.3) is 0 Å². The van der Waals surface area contributed by atoms with Crippen molar-refractivity contribution in [1.29, 1.82) is 0 Å². The number of benzene rings is 1. The highest BCUT2D eigenvalue weighted by molar-refractivity contribution is 5.62. The van der Waals surface area contributed by atoms with Crippen molar-refractivity contribution in [3.05, 3.63) is 23.3 Å². The topological polar surface area (TPSA) is 38.7 Å². The van der Waals surface area contributed by atoms with Gasteiger partial charge in [-0.05, 0) is 31.5 Å². The van der Waals surface area contributed by atoms with Crippen LogP contribution in [-0.2, 0) is 0 Å². The highest BCUT2D eigenvalue weighted by atomic mass is 16.5. The van der Waals surface area contributed by atoms with Gasteiger partial charge < -0.3 is 14.6 Å². The predicted octanol–water partition coefficient (Wildman–Crippen LogP) is 2.83. The molecule has 0 aliphatic carbocycles. The minimum atomic E-state index is 0.0332. The van der Waals surface area contributed by atoms with Gasteiger partial charge in [0.1, 0.15) is 0 Å². The van der Waals surface area contributed by atoms with Crippen molar-refractivity contribution in [2.24, 2.45) is 0 Å². The number of ether oxygens (including phenoxy) is 2. The lowest BCUT2D eigenvalue weighted by Crippen LogP contribution is -1.90. The molecule has 0 unspecified atom stereocenters. The summed E-state index contributed by atoms with van der Waals surface area (Å²) in [7, 11) is 3.03. The Bertz CT molecular complexity index is 351. The van der Waals surface area contributed by atoms with Crippen molar-refractivity contribution in [2.75, 3.05) is 14.2 Å². The van der Waals surface area contributed by atoms with Gasteiger partial charge in [0.2, 0.25) is 5.75 Å². The summed E-state index contributed by atoms with van der Waals surface area (Å²) in [6.45, 7) is 4.01. The first-order valence-corrected chi connectivity index (χ1v) is 4.68. The van der Waals surface area contributed by atoms with Gasteiger partial charge >= 0.3 is 0 Å². The van der Waals surface area contributed by atoms with Crippen molar-refractivity contribution in [3.8, 4) is 17.2 Å². The number of methoxy groups -OCH3 is 2. The van der Waals surface area contributed by atoms with E-state index in [0.717, 1.165) is 5.56 Å². The summed E-state index contributed by atoms with van der Waals surface area (Å²) in [5.41, 5.74) is 2.12. The van der Waals surface area contributed by atoms with Crippen molar-refractivity contribution in [3.63, 3.8) is 0 Å². The second kappa shape index (κ2) is 4.73. The van der Waals surface area contributed by atoms with E-state index in [-0.39, 0.29) is 5.75 Å². The number of phenolic OH excluding ortho intramolecular Hbond substituents is 1. The summed E-state index contributed by atoms with van der Waals surface area (Å²) < 4.78 is 10.1. The van der Waals surface area contributed by atoms with E-state index in [1.807, 2.05) is 19.9 Å². The number of hydrogen-bond donors (Lipinski definition) is 1. The second-order valence-corrected chi connectivity index (χ2v) is 3.50. The van der Waals surface area contributed by atoms with E-state index in [0.29, 0.717) is 11.5 Å². The van der Waals surface area contributed by atoms with Gasteiger partial charge in [0, 0.05) is 0 Å². The number of rotatable bonds is 3. The predicted molar refractivity (Wildman–Crippen MR) is 60.5 cm³/mol.